The average molecular weight is 341 g/mol. The molecule has 2 aromatic heterocycles. The van der Waals surface area contributed by atoms with Gasteiger partial charge in [0.2, 0.25) is 10.0 Å². The van der Waals surface area contributed by atoms with Crippen LogP contribution in [0, 0.1) is 0 Å². The topological polar surface area (TPSA) is 63.2 Å². The zero-order valence-electron chi connectivity index (χ0n) is 13.6. The molecule has 124 valence electrons. The SMILES string of the molecule is CC(C)N(Cc1cccnc1)S(=O)(=O)c1cccc2ncccc12. The lowest BCUT2D eigenvalue weighted by atomic mass is 10.2. The van der Waals surface area contributed by atoms with Crippen molar-refractivity contribution in [2.45, 2.75) is 31.3 Å². The van der Waals surface area contributed by atoms with Gasteiger partial charge in [0, 0.05) is 36.6 Å². The van der Waals surface area contributed by atoms with Crippen molar-refractivity contribution in [3.05, 3.63) is 66.6 Å². The number of nitrogens with zero attached hydrogens (tertiary/aromatic N) is 3. The number of hydrogen-bond donors (Lipinski definition) is 0. The molecule has 3 rings (SSSR count). The highest BCUT2D eigenvalue weighted by Gasteiger charge is 2.28. The van der Waals surface area contributed by atoms with Gasteiger partial charge in [-0.3, -0.25) is 9.97 Å². The van der Waals surface area contributed by atoms with E-state index >= 15 is 0 Å². The summed E-state index contributed by atoms with van der Waals surface area (Å²) in [5.74, 6) is 0. The van der Waals surface area contributed by atoms with Gasteiger partial charge in [0.15, 0.2) is 0 Å². The highest BCUT2D eigenvalue weighted by molar-refractivity contribution is 7.89. The molecule has 0 N–H and O–H groups in total. The van der Waals surface area contributed by atoms with Crippen molar-refractivity contribution in [2.75, 3.05) is 0 Å². The Morgan fingerprint density at radius 1 is 1.04 bits per heavy atom. The van der Waals surface area contributed by atoms with Crippen LogP contribution in [0.5, 0.6) is 0 Å². The number of fused-ring (bicyclic) bond motifs is 1. The molecule has 5 nitrogen and oxygen atoms in total. The summed E-state index contributed by atoms with van der Waals surface area (Å²) in [7, 11) is -3.66. The molecule has 3 aromatic rings. The maximum Gasteiger partial charge on any atom is 0.244 e. The van der Waals surface area contributed by atoms with Crippen molar-refractivity contribution in [3.63, 3.8) is 0 Å². The number of benzene rings is 1. The van der Waals surface area contributed by atoms with Gasteiger partial charge in [-0.1, -0.05) is 12.1 Å². The zero-order chi connectivity index (χ0) is 17.2. The Morgan fingerprint density at radius 2 is 1.83 bits per heavy atom. The third kappa shape index (κ3) is 3.16. The first-order valence-corrected chi connectivity index (χ1v) is 9.18. The standard InChI is InChI=1S/C18H19N3O2S/c1-14(2)21(13-15-6-4-10-19-12-15)24(22,23)18-9-3-8-17-16(18)7-5-11-20-17/h3-12,14H,13H2,1-2H3. The summed E-state index contributed by atoms with van der Waals surface area (Å²) in [6, 6.07) is 12.2. The molecule has 0 saturated carbocycles. The van der Waals surface area contributed by atoms with Crippen LogP contribution in [0.3, 0.4) is 0 Å². The van der Waals surface area contributed by atoms with E-state index in [1.54, 1.807) is 42.9 Å². The Labute approximate surface area is 142 Å². The molecule has 0 unspecified atom stereocenters. The molecule has 0 aliphatic carbocycles. The van der Waals surface area contributed by atoms with Gasteiger partial charge < -0.3 is 0 Å². The number of rotatable bonds is 5. The smallest absolute Gasteiger partial charge is 0.244 e. The number of aromatic nitrogens is 2. The van der Waals surface area contributed by atoms with Crippen LogP contribution in [0.1, 0.15) is 19.4 Å². The fourth-order valence-electron chi connectivity index (χ4n) is 2.64. The molecule has 0 fully saturated rings. The third-order valence-corrected chi connectivity index (χ3v) is 5.91. The van der Waals surface area contributed by atoms with E-state index in [0.717, 1.165) is 5.56 Å². The first-order chi connectivity index (χ1) is 11.5. The quantitative estimate of drug-likeness (QED) is 0.715. The van der Waals surface area contributed by atoms with Crippen LogP contribution < -0.4 is 0 Å². The van der Waals surface area contributed by atoms with Crippen molar-refractivity contribution in [1.29, 1.82) is 0 Å². The molecule has 0 aliphatic rings. The summed E-state index contributed by atoms with van der Waals surface area (Å²) in [5, 5.41) is 0.636. The van der Waals surface area contributed by atoms with E-state index < -0.39 is 10.0 Å². The zero-order valence-corrected chi connectivity index (χ0v) is 14.4. The molecule has 0 aliphatic heterocycles. The molecule has 0 bridgehead atoms. The molecule has 6 heteroatoms. The lowest BCUT2D eigenvalue weighted by Gasteiger charge is -2.26. The summed E-state index contributed by atoms with van der Waals surface area (Å²) < 4.78 is 28.0. The predicted molar refractivity (Wildman–Crippen MR) is 93.8 cm³/mol. The predicted octanol–water partition coefficient (Wildman–Crippen LogP) is 3.23. The van der Waals surface area contributed by atoms with E-state index in [1.165, 1.54) is 4.31 Å². The lowest BCUT2D eigenvalue weighted by molar-refractivity contribution is 0.348. The van der Waals surface area contributed by atoms with Crippen molar-refractivity contribution >= 4 is 20.9 Å². The van der Waals surface area contributed by atoms with Crippen LogP contribution in [-0.2, 0) is 16.6 Å². The van der Waals surface area contributed by atoms with Crippen LogP contribution >= 0.6 is 0 Å². The first kappa shape index (κ1) is 16.5. The summed E-state index contributed by atoms with van der Waals surface area (Å²) >= 11 is 0. The van der Waals surface area contributed by atoms with Gasteiger partial charge in [0.1, 0.15) is 0 Å². The number of hydrogen-bond acceptors (Lipinski definition) is 4. The van der Waals surface area contributed by atoms with Gasteiger partial charge in [0.05, 0.1) is 10.4 Å². The lowest BCUT2D eigenvalue weighted by Crippen LogP contribution is -2.36. The van der Waals surface area contributed by atoms with Gasteiger partial charge >= 0.3 is 0 Å². The molecule has 1 aromatic carbocycles. The van der Waals surface area contributed by atoms with E-state index in [9.17, 15) is 8.42 Å². The third-order valence-electron chi connectivity index (χ3n) is 3.83. The minimum Gasteiger partial charge on any atom is -0.264 e. The fourth-order valence-corrected chi connectivity index (χ4v) is 4.47. The van der Waals surface area contributed by atoms with Crippen LogP contribution in [0.4, 0.5) is 0 Å². The van der Waals surface area contributed by atoms with Crippen LogP contribution in [0.25, 0.3) is 10.9 Å². The highest BCUT2D eigenvalue weighted by atomic mass is 32.2. The second kappa shape index (κ2) is 6.67. The van der Waals surface area contributed by atoms with E-state index in [1.807, 2.05) is 32.0 Å². The van der Waals surface area contributed by atoms with Gasteiger partial charge in [0.25, 0.3) is 0 Å². The minimum atomic E-state index is -3.66. The van der Waals surface area contributed by atoms with Crippen LogP contribution in [0.2, 0.25) is 0 Å². The van der Waals surface area contributed by atoms with Crippen molar-refractivity contribution in [2.24, 2.45) is 0 Å². The van der Waals surface area contributed by atoms with Crippen molar-refractivity contribution in [1.82, 2.24) is 14.3 Å². The fraction of sp³-hybridized carbons (Fsp3) is 0.222. The normalized spacial score (nSPS) is 12.2. The maximum absolute atomic E-state index is 13.3. The molecule has 24 heavy (non-hydrogen) atoms. The second-order valence-corrected chi connectivity index (χ2v) is 7.69. The Morgan fingerprint density at radius 3 is 2.54 bits per heavy atom. The van der Waals surface area contributed by atoms with Crippen molar-refractivity contribution < 1.29 is 8.42 Å². The largest absolute Gasteiger partial charge is 0.264 e. The summed E-state index contributed by atoms with van der Waals surface area (Å²) in [4.78, 5) is 8.60. The monoisotopic (exact) mass is 341 g/mol. The molecular formula is C18H19N3O2S. The number of sulfonamides is 1. The van der Waals surface area contributed by atoms with E-state index in [4.69, 9.17) is 0 Å². The first-order valence-electron chi connectivity index (χ1n) is 7.74. The van der Waals surface area contributed by atoms with Crippen LogP contribution in [0.15, 0.2) is 66.0 Å². The van der Waals surface area contributed by atoms with Gasteiger partial charge in [-0.25, -0.2) is 8.42 Å². The molecular weight excluding hydrogens is 322 g/mol. The summed E-state index contributed by atoms with van der Waals surface area (Å²) in [6.45, 7) is 4.03. The van der Waals surface area contributed by atoms with Crippen LogP contribution in [-0.4, -0.2) is 28.7 Å². The van der Waals surface area contributed by atoms with E-state index in [0.29, 0.717) is 10.9 Å². The second-order valence-electron chi connectivity index (χ2n) is 5.83. The Kier molecular flexibility index (Phi) is 4.59. The Bertz CT molecular complexity index is 935. The highest BCUT2D eigenvalue weighted by Crippen LogP contribution is 2.27. The molecule has 0 amide bonds. The van der Waals surface area contributed by atoms with Gasteiger partial charge in [-0.05, 0) is 49.7 Å². The molecule has 0 radical (unpaired) electrons. The average Bonchev–Trinajstić information content (AvgIpc) is 2.59. The Hall–Kier alpha value is -2.31. The molecule has 0 saturated heterocycles. The Balaban J connectivity index is 2.09. The van der Waals surface area contributed by atoms with E-state index in [-0.39, 0.29) is 17.5 Å². The molecule has 0 spiro atoms. The summed E-state index contributed by atoms with van der Waals surface area (Å²) in [5.41, 5.74) is 1.52. The van der Waals surface area contributed by atoms with E-state index in [2.05, 4.69) is 9.97 Å². The summed E-state index contributed by atoms with van der Waals surface area (Å²) in [6.07, 6.45) is 5.03. The van der Waals surface area contributed by atoms with Gasteiger partial charge in [-0.15, -0.1) is 0 Å². The maximum atomic E-state index is 13.3. The number of pyridine rings is 2. The minimum absolute atomic E-state index is 0.179. The van der Waals surface area contributed by atoms with Gasteiger partial charge in [-0.2, -0.15) is 4.31 Å². The van der Waals surface area contributed by atoms with Crippen molar-refractivity contribution in [3.8, 4) is 0 Å². The molecule has 0 atom stereocenters. The molecule has 2 heterocycles.